The number of hydrogen-bond acceptors (Lipinski definition) is 4. The maximum absolute atomic E-state index is 13.8. The van der Waals surface area contributed by atoms with Gasteiger partial charge < -0.3 is 14.5 Å². The second kappa shape index (κ2) is 9.29. The van der Waals surface area contributed by atoms with Crippen LogP contribution in [0.25, 0.3) is 16.5 Å². The minimum Gasteiger partial charge on any atom is -0.497 e. The Labute approximate surface area is 205 Å². The first-order valence-corrected chi connectivity index (χ1v) is 11.9. The molecule has 1 aromatic heterocycles. The molecule has 0 saturated carbocycles. The smallest absolute Gasteiger partial charge is 0.262 e. The summed E-state index contributed by atoms with van der Waals surface area (Å²) < 4.78 is 6.81. The molecular weight excluding hydrogens is 438 g/mol. The quantitative estimate of drug-likeness (QED) is 0.438. The molecule has 0 N–H and O–H groups in total. The predicted molar refractivity (Wildman–Crippen MR) is 140 cm³/mol. The van der Waals surface area contributed by atoms with Gasteiger partial charge in [0.2, 0.25) is 0 Å². The average molecular weight is 468 g/mol. The molecule has 178 valence electrons. The third-order valence-corrected chi connectivity index (χ3v) is 6.79. The fraction of sp³-hybridized carbons (Fsp3) is 0.241. The van der Waals surface area contributed by atoms with Crippen LogP contribution in [0.15, 0.2) is 83.8 Å². The van der Waals surface area contributed by atoms with Crippen molar-refractivity contribution in [1.29, 1.82) is 0 Å². The first-order chi connectivity index (χ1) is 17.0. The lowest BCUT2D eigenvalue weighted by Gasteiger charge is -2.41. The van der Waals surface area contributed by atoms with Crippen LogP contribution in [-0.4, -0.2) is 48.2 Å². The Kier molecular flexibility index (Phi) is 6.03. The number of rotatable bonds is 4. The lowest BCUT2D eigenvalue weighted by atomic mass is 10.0. The number of benzene rings is 3. The number of carbonyl (C=O) groups excluding carboxylic acids is 1. The number of aromatic nitrogens is 1. The summed E-state index contributed by atoms with van der Waals surface area (Å²) in [5.41, 5.74) is 3.47. The number of amides is 1. The zero-order valence-corrected chi connectivity index (χ0v) is 20.3. The van der Waals surface area contributed by atoms with Crippen LogP contribution < -0.4 is 15.2 Å². The number of methoxy groups -OCH3 is 1. The Morgan fingerprint density at radius 2 is 1.54 bits per heavy atom. The van der Waals surface area contributed by atoms with Crippen molar-refractivity contribution in [2.75, 3.05) is 31.6 Å². The molecule has 0 spiro atoms. The van der Waals surface area contributed by atoms with Gasteiger partial charge in [-0.05, 0) is 56.3 Å². The summed E-state index contributed by atoms with van der Waals surface area (Å²) in [6.45, 7) is 6.22. The van der Waals surface area contributed by atoms with Crippen molar-refractivity contribution in [2.45, 2.75) is 19.9 Å². The van der Waals surface area contributed by atoms with Gasteiger partial charge in [0.1, 0.15) is 5.75 Å². The SMILES string of the molecule is COc1ccc(-n2cc(C(=O)N3CCN(c4ccc(C)cc4)C(C)C3)c3ccccc3c2=O)cc1. The third kappa shape index (κ3) is 4.28. The van der Waals surface area contributed by atoms with E-state index in [2.05, 4.69) is 43.0 Å². The summed E-state index contributed by atoms with van der Waals surface area (Å²) in [7, 11) is 1.60. The second-order valence-corrected chi connectivity index (χ2v) is 9.09. The van der Waals surface area contributed by atoms with E-state index in [4.69, 9.17) is 4.74 Å². The summed E-state index contributed by atoms with van der Waals surface area (Å²) in [5.74, 6) is 0.651. The molecule has 1 unspecified atom stereocenters. The van der Waals surface area contributed by atoms with Crippen molar-refractivity contribution in [1.82, 2.24) is 9.47 Å². The molecule has 1 aliphatic heterocycles. The van der Waals surface area contributed by atoms with E-state index in [0.717, 1.165) is 6.54 Å². The number of ether oxygens (including phenoxy) is 1. The monoisotopic (exact) mass is 467 g/mol. The minimum atomic E-state index is -0.153. The van der Waals surface area contributed by atoms with Crippen molar-refractivity contribution in [3.63, 3.8) is 0 Å². The van der Waals surface area contributed by atoms with Gasteiger partial charge in [-0.25, -0.2) is 0 Å². The van der Waals surface area contributed by atoms with Crippen molar-refractivity contribution < 1.29 is 9.53 Å². The highest BCUT2D eigenvalue weighted by atomic mass is 16.5. The number of anilines is 1. The number of aryl methyl sites for hydroxylation is 1. The van der Waals surface area contributed by atoms with Gasteiger partial charge in [0.15, 0.2) is 0 Å². The number of fused-ring (bicyclic) bond motifs is 1. The molecule has 1 fully saturated rings. The Balaban J connectivity index is 1.49. The van der Waals surface area contributed by atoms with Crippen LogP contribution in [0.4, 0.5) is 5.69 Å². The fourth-order valence-electron chi connectivity index (χ4n) is 4.83. The van der Waals surface area contributed by atoms with Crippen molar-refractivity contribution >= 4 is 22.4 Å². The Bertz CT molecular complexity index is 1420. The molecule has 6 nitrogen and oxygen atoms in total. The van der Waals surface area contributed by atoms with Gasteiger partial charge >= 0.3 is 0 Å². The number of carbonyl (C=O) groups is 1. The van der Waals surface area contributed by atoms with Crippen LogP contribution in [0.3, 0.4) is 0 Å². The molecule has 35 heavy (non-hydrogen) atoms. The van der Waals surface area contributed by atoms with E-state index in [-0.39, 0.29) is 17.5 Å². The van der Waals surface area contributed by atoms with Gasteiger partial charge in [0.05, 0.1) is 12.7 Å². The molecule has 1 atom stereocenters. The zero-order valence-electron chi connectivity index (χ0n) is 20.3. The highest BCUT2D eigenvalue weighted by molar-refractivity contribution is 6.06. The van der Waals surface area contributed by atoms with E-state index >= 15 is 0 Å². The number of pyridine rings is 1. The van der Waals surface area contributed by atoms with E-state index in [0.29, 0.717) is 40.9 Å². The van der Waals surface area contributed by atoms with Crippen LogP contribution in [0.2, 0.25) is 0 Å². The van der Waals surface area contributed by atoms with Gasteiger partial charge in [0.25, 0.3) is 11.5 Å². The number of nitrogens with zero attached hydrogens (tertiary/aromatic N) is 3. The zero-order chi connectivity index (χ0) is 24.5. The molecule has 5 rings (SSSR count). The molecule has 2 heterocycles. The highest BCUT2D eigenvalue weighted by Gasteiger charge is 2.29. The lowest BCUT2D eigenvalue weighted by Crippen LogP contribution is -2.53. The van der Waals surface area contributed by atoms with Crippen LogP contribution >= 0.6 is 0 Å². The predicted octanol–water partition coefficient (Wildman–Crippen LogP) is 4.66. The van der Waals surface area contributed by atoms with Crippen LogP contribution in [-0.2, 0) is 0 Å². The van der Waals surface area contributed by atoms with Gasteiger partial charge in [-0.15, -0.1) is 0 Å². The van der Waals surface area contributed by atoms with Crippen LogP contribution in [0.5, 0.6) is 5.75 Å². The van der Waals surface area contributed by atoms with E-state index in [1.165, 1.54) is 11.3 Å². The molecule has 4 aromatic rings. The fourth-order valence-corrected chi connectivity index (χ4v) is 4.83. The summed E-state index contributed by atoms with van der Waals surface area (Å²) in [6, 6.07) is 23.3. The molecule has 0 aliphatic carbocycles. The molecule has 1 aliphatic rings. The molecule has 1 amide bonds. The average Bonchev–Trinajstić information content (AvgIpc) is 2.89. The first kappa shape index (κ1) is 22.7. The molecule has 1 saturated heterocycles. The summed E-state index contributed by atoms with van der Waals surface area (Å²) >= 11 is 0. The van der Waals surface area contributed by atoms with Gasteiger partial charge in [-0.2, -0.15) is 0 Å². The minimum absolute atomic E-state index is 0.0566. The molecule has 6 heteroatoms. The molecule has 0 bridgehead atoms. The van der Waals surface area contributed by atoms with E-state index in [9.17, 15) is 9.59 Å². The van der Waals surface area contributed by atoms with Crippen molar-refractivity contribution in [3.8, 4) is 11.4 Å². The Hall–Kier alpha value is -4.06. The summed E-state index contributed by atoms with van der Waals surface area (Å²) in [6.07, 6.45) is 1.69. The van der Waals surface area contributed by atoms with E-state index in [1.54, 1.807) is 23.9 Å². The van der Waals surface area contributed by atoms with Crippen LogP contribution in [0.1, 0.15) is 22.8 Å². The normalized spacial score (nSPS) is 15.9. The van der Waals surface area contributed by atoms with Gasteiger partial charge in [-0.3, -0.25) is 14.2 Å². The maximum Gasteiger partial charge on any atom is 0.262 e. The maximum atomic E-state index is 13.8. The first-order valence-electron chi connectivity index (χ1n) is 11.9. The van der Waals surface area contributed by atoms with E-state index in [1.807, 2.05) is 47.4 Å². The van der Waals surface area contributed by atoms with Crippen molar-refractivity contribution in [3.05, 3.63) is 100 Å². The molecule has 0 radical (unpaired) electrons. The third-order valence-electron chi connectivity index (χ3n) is 6.79. The number of piperazine rings is 1. The summed E-state index contributed by atoms with van der Waals surface area (Å²) in [5, 5.41) is 1.21. The van der Waals surface area contributed by atoms with Gasteiger partial charge in [-0.1, -0.05) is 35.9 Å². The van der Waals surface area contributed by atoms with Crippen molar-refractivity contribution in [2.24, 2.45) is 0 Å². The van der Waals surface area contributed by atoms with Gasteiger partial charge in [0, 0.05) is 54.0 Å². The molecule has 3 aromatic carbocycles. The van der Waals surface area contributed by atoms with Crippen LogP contribution in [0, 0.1) is 6.92 Å². The Morgan fingerprint density at radius 1 is 0.886 bits per heavy atom. The number of hydrogen-bond donors (Lipinski definition) is 0. The second-order valence-electron chi connectivity index (χ2n) is 9.09. The standard InChI is InChI=1S/C29H29N3O3/c1-20-8-10-22(11-9-20)31-17-16-30(18-21(31)2)28(33)27-19-32(23-12-14-24(35-3)15-13-23)29(34)26-7-5-4-6-25(26)27/h4-15,19,21H,16-18H2,1-3H3. The largest absolute Gasteiger partial charge is 0.497 e. The topological polar surface area (TPSA) is 54.8 Å². The summed E-state index contributed by atoms with van der Waals surface area (Å²) in [4.78, 5) is 31.4. The molecular formula is C29H29N3O3. The highest BCUT2D eigenvalue weighted by Crippen LogP contribution is 2.25. The lowest BCUT2D eigenvalue weighted by molar-refractivity contribution is 0.0727. The Morgan fingerprint density at radius 3 is 2.20 bits per heavy atom. The van der Waals surface area contributed by atoms with E-state index < -0.39 is 0 Å².